The Morgan fingerprint density at radius 1 is 0.522 bits per heavy atom. The highest BCUT2D eigenvalue weighted by atomic mass is 16.5. The second kappa shape index (κ2) is 36.8. The maximum atomic E-state index is 12.6. The normalized spacial score (nSPS) is 13.1. The van der Waals surface area contributed by atoms with Gasteiger partial charge in [0, 0.05) is 12.8 Å². The van der Waals surface area contributed by atoms with Gasteiger partial charge in [-0.05, 0) is 89.5 Å². The van der Waals surface area contributed by atoms with Gasteiger partial charge in [0.05, 0.1) is 0 Å². The molecule has 1 atom stereocenters. The van der Waals surface area contributed by atoms with Crippen LogP contribution >= 0.6 is 0 Å². The van der Waals surface area contributed by atoms with E-state index < -0.39 is 5.97 Å². The number of rotatable bonds is 33. The Morgan fingerprint density at radius 3 is 1.54 bits per heavy atom. The van der Waals surface area contributed by atoms with Crippen LogP contribution in [0.25, 0.3) is 0 Å². The van der Waals surface area contributed by atoms with Crippen LogP contribution in [0.2, 0.25) is 0 Å². The maximum absolute atomic E-state index is 12.6. The van der Waals surface area contributed by atoms with Gasteiger partial charge >= 0.3 is 11.9 Å². The van der Waals surface area contributed by atoms with Crippen molar-refractivity contribution < 1.29 is 19.4 Å². The van der Waals surface area contributed by atoms with Gasteiger partial charge in [0.2, 0.25) is 0 Å². The van der Waals surface area contributed by atoms with Crippen molar-refractivity contribution in [3.05, 3.63) is 72.9 Å². The first-order valence-corrected chi connectivity index (χ1v) is 18.9. The molecule has 46 heavy (non-hydrogen) atoms. The van der Waals surface area contributed by atoms with Crippen LogP contribution in [0.3, 0.4) is 0 Å². The second-order valence-electron chi connectivity index (χ2n) is 12.4. The zero-order valence-electron chi connectivity index (χ0n) is 29.9. The van der Waals surface area contributed by atoms with Gasteiger partial charge in [0.1, 0.15) is 6.10 Å². The molecule has 0 aliphatic heterocycles. The van der Waals surface area contributed by atoms with Gasteiger partial charge in [-0.3, -0.25) is 9.59 Å². The number of aliphatic carboxylic acids is 1. The molecule has 0 aromatic rings. The highest BCUT2D eigenvalue weighted by Crippen LogP contribution is 2.15. The third-order valence-electron chi connectivity index (χ3n) is 7.90. The molecule has 0 saturated carbocycles. The van der Waals surface area contributed by atoms with E-state index >= 15 is 0 Å². The smallest absolute Gasteiger partial charge is 0.306 e. The number of esters is 1. The lowest BCUT2D eigenvalue weighted by molar-refractivity contribution is -0.147. The molecule has 0 aliphatic rings. The van der Waals surface area contributed by atoms with E-state index in [4.69, 9.17) is 9.84 Å². The lowest BCUT2D eigenvalue weighted by Crippen LogP contribution is -2.16. The largest absolute Gasteiger partial charge is 0.481 e. The van der Waals surface area contributed by atoms with E-state index in [1.165, 1.54) is 64.2 Å². The quantitative estimate of drug-likeness (QED) is 0.0441. The van der Waals surface area contributed by atoms with Crippen molar-refractivity contribution >= 4 is 11.9 Å². The van der Waals surface area contributed by atoms with Crippen molar-refractivity contribution in [3.8, 4) is 0 Å². The zero-order valence-corrected chi connectivity index (χ0v) is 29.9. The van der Waals surface area contributed by atoms with E-state index in [0.717, 1.165) is 83.5 Å². The molecule has 0 heterocycles. The van der Waals surface area contributed by atoms with Gasteiger partial charge in [-0.25, -0.2) is 0 Å². The molecular weight excluding hydrogens is 568 g/mol. The fourth-order valence-corrected chi connectivity index (χ4v) is 5.12. The number of carboxylic acids is 1. The lowest BCUT2D eigenvalue weighted by atomic mass is 10.1. The molecular formula is C42H70O4. The molecule has 0 aromatic heterocycles. The lowest BCUT2D eigenvalue weighted by Gasteiger charge is -2.14. The summed E-state index contributed by atoms with van der Waals surface area (Å²) in [6.07, 6.45) is 52.1. The number of hydrogen-bond donors (Lipinski definition) is 1. The van der Waals surface area contributed by atoms with Crippen molar-refractivity contribution in [2.24, 2.45) is 0 Å². The Labute approximate surface area is 284 Å². The zero-order chi connectivity index (χ0) is 33.6. The predicted octanol–water partition coefficient (Wildman–Crippen LogP) is 13.1. The number of carbonyl (C=O) groups is 2. The third kappa shape index (κ3) is 35.9. The molecule has 0 aromatic carbocycles. The van der Waals surface area contributed by atoms with Crippen molar-refractivity contribution in [2.45, 2.75) is 180 Å². The van der Waals surface area contributed by atoms with Crippen LogP contribution in [0.5, 0.6) is 0 Å². The van der Waals surface area contributed by atoms with E-state index in [1.54, 1.807) is 0 Å². The van der Waals surface area contributed by atoms with Crippen LogP contribution < -0.4 is 0 Å². The van der Waals surface area contributed by atoms with Gasteiger partial charge in [-0.1, -0.05) is 145 Å². The van der Waals surface area contributed by atoms with E-state index in [-0.39, 0.29) is 18.5 Å². The van der Waals surface area contributed by atoms with Gasteiger partial charge in [-0.15, -0.1) is 0 Å². The molecule has 0 spiro atoms. The number of carbonyl (C=O) groups excluding carboxylic acids is 1. The fourth-order valence-electron chi connectivity index (χ4n) is 5.12. The number of unbranched alkanes of at least 4 members (excludes halogenated alkanes) is 14. The first-order valence-electron chi connectivity index (χ1n) is 18.9. The summed E-state index contributed by atoms with van der Waals surface area (Å²) >= 11 is 0. The molecule has 1 unspecified atom stereocenters. The predicted molar refractivity (Wildman–Crippen MR) is 199 cm³/mol. The van der Waals surface area contributed by atoms with Gasteiger partial charge in [0.25, 0.3) is 0 Å². The topological polar surface area (TPSA) is 63.6 Å². The molecule has 1 N–H and O–H groups in total. The second-order valence-corrected chi connectivity index (χ2v) is 12.4. The highest BCUT2D eigenvalue weighted by molar-refractivity contribution is 5.69. The number of carboxylic acid groups (broad SMARTS) is 1. The summed E-state index contributed by atoms with van der Waals surface area (Å²) in [5.41, 5.74) is 0. The third-order valence-corrected chi connectivity index (χ3v) is 7.90. The minimum atomic E-state index is -0.721. The summed E-state index contributed by atoms with van der Waals surface area (Å²) < 4.78 is 5.87. The monoisotopic (exact) mass is 639 g/mol. The van der Waals surface area contributed by atoms with Crippen LogP contribution in [0.1, 0.15) is 174 Å². The number of hydrogen-bond acceptors (Lipinski definition) is 3. The van der Waals surface area contributed by atoms with Crippen LogP contribution in [0.4, 0.5) is 0 Å². The summed E-state index contributed by atoms with van der Waals surface area (Å²) in [6, 6.07) is 0. The minimum absolute atomic E-state index is 0.0866. The summed E-state index contributed by atoms with van der Waals surface area (Å²) in [6.45, 7) is 4.39. The molecule has 4 heteroatoms. The van der Waals surface area contributed by atoms with Gasteiger partial charge < -0.3 is 9.84 Å². The molecule has 4 nitrogen and oxygen atoms in total. The summed E-state index contributed by atoms with van der Waals surface area (Å²) in [5.74, 6) is -0.807. The minimum Gasteiger partial charge on any atom is -0.481 e. The first-order chi connectivity index (χ1) is 22.6. The molecule has 0 saturated heterocycles. The molecule has 0 fully saturated rings. The Balaban J connectivity index is 4.18. The van der Waals surface area contributed by atoms with Gasteiger partial charge in [-0.2, -0.15) is 0 Å². The van der Waals surface area contributed by atoms with Crippen LogP contribution in [0, 0.1) is 0 Å². The molecule has 262 valence electrons. The van der Waals surface area contributed by atoms with Crippen LogP contribution in [-0.4, -0.2) is 23.1 Å². The summed E-state index contributed by atoms with van der Waals surface area (Å²) in [5, 5.41) is 8.80. The average molecular weight is 639 g/mol. The van der Waals surface area contributed by atoms with E-state index in [2.05, 4.69) is 86.8 Å². The molecule has 0 amide bonds. The first kappa shape index (κ1) is 43.4. The average Bonchev–Trinajstić information content (AvgIpc) is 3.04. The number of ether oxygens (including phenoxy) is 1. The Kier molecular flexibility index (Phi) is 34.7. The van der Waals surface area contributed by atoms with E-state index in [0.29, 0.717) is 6.42 Å². The van der Waals surface area contributed by atoms with Crippen LogP contribution in [-0.2, 0) is 14.3 Å². The standard InChI is InChI=1S/C42H70O4/c1-3-5-7-9-11-13-15-16-17-18-19-20-22-24-26-31-35-39-42(45)46-40(37-33-29-27-30-34-38-41(43)44)36-32-28-25-23-21-14-12-10-8-6-4-2/h6,8,11-14,16-17,23,25,32,36,40H,3-5,7,9-10,15,18-22,24,26-31,33-35,37-39H2,1-2H3,(H,43,44)/b8-6-,13-11-,14-12-,17-16-,25-23-,36-32-. The molecule has 0 radical (unpaired) electrons. The highest BCUT2D eigenvalue weighted by Gasteiger charge is 2.11. The fraction of sp³-hybridized carbons (Fsp3) is 0.667. The Morgan fingerprint density at radius 2 is 0.978 bits per heavy atom. The van der Waals surface area contributed by atoms with Crippen molar-refractivity contribution in [3.63, 3.8) is 0 Å². The van der Waals surface area contributed by atoms with E-state index in [9.17, 15) is 9.59 Å². The van der Waals surface area contributed by atoms with Crippen molar-refractivity contribution in [1.29, 1.82) is 0 Å². The number of allylic oxidation sites excluding steroid dienone is 11. The van der Waals surface area contributed by atoms with Gasteiger partial charge in [0.15, 0.2) is 0 Å². The molecule has 0 aliphatic carbocycles. The summed E-state index contributed by atoms with van der Waals surface area (Å²) in [7, 11) is 0. The maximum Gasteiger partial charge on any atom is 0.306 e. The van der Waals surface area contributed by atoms with Crippen LogP contribution in [0.15, 0.2) is 72.9 Å². The summed E-state index contributed by atoms with van der Waals surface area (Å²) in [4.78, 5) is 23.3. The molecule has 0 bridgehead atoms. The Hall–Kier alpha value is -2.62. The molecule has 0 rings (SSSR count). The Bertz CT molecular complexity index is 861. The SMILES string of the molecule is CC/C=C\C/C=C\C/C=C\C/C=C\C(CCCCCCCC(=O)O)OC(=O)CCCCCCCCC/C=C\C/C=C\CCCCC. The van der Waals surface area contributed by atoms with Crippen molar-refractivity contribution in [2.75, 3.05) is 0 Å². The van der Waals surface area contributed by atoms with Crippen molar-refractivity contribution in [1.82, 2.24) is 0 Å². The van der Waals surface area contributed by atoms with E-state index in [1.807, 2.05) is 0 Å².